The van der Waals surface area contributed by atoms with Gasteiger partial charge in [0, 0.05) is 12.7 Å². The fourth-order valence-corrected chi connectivity index (χ4v) is 2.01. The lowest BCUT2D eigenvalue weighted by Gasteiger charge is -2.09. The fraction of sp³-hybridized carbons (Fsp3) is 0.667. The summed E-state index contributed by atoms with van der Waals surface area (Å²) in [6, 6.07) is 0. The number of primary sulfonamides is 1. The molecule has 15 heavy (non-hydrogen) atoms. The molecule has 1 aromatic heterocycles. The molecule has 1 aromatic rings. The van der Waals surface area contributed by atoms with Crippen LogP contribution in [0.3, 0.4) is 0 Å². The van der Waals surface area contributed by atoms with E-state index in [0.29, 0.717) is 5.92 Å². The number of rotatable bonds is 5. The van der Waals surface area contributed by atoms with Crippen molar-refractivity contribution in [3.63, 3.8) is 0 Å². The van der Waals surface area contributed by atoms with Gasteiger partial charge in [0.05, 0.1) is 6.33 Å². The van der Waals surface area contributed by atoms with Gasteiger partial charge in [-0.2, -0.15) is 0 Å². The highest BCUT2D eigenvalue weighted by molar-refractivity contribution is 7.89. The standard InChI is InChI=1S/C9H17N3O2S/c1-3-4-8(2)5-12-6-9(11-7-12)15(10,13)14/h6-8H,3-5H2,1-2H3,(H2,10,13,14). The van der Waals surface area contributed by atoms with Crippen molar-refractivity contribution in [2.45, 2.75) is 38.3 Å². The highest BCUT2D eigenvalue weighted by atomic mass is 32.2. The molecular formula is C9H17N3O2S. The first-order chi connectivity index (χ1) is 6.93. The number of aromatic nitrogens is 2. The van der Waals surface area contributed by atoms with Crippen molar-refractivity contribution in [2.75, 3.05) is 0 Å². The quantitative estimate of drug-likeness (QED) is 0.820. The zero-order valence-corrected chi connectivity index (χ0v) is 9.87. The Morgan fingerprint density at radius 2 is 2.27 bits per heavy atom. The van der Waals surface area contributed by atoms with Gasteiger partial charge in [-0.25, -0.2) is 18.5 Å². The van der Waals surface area contributed by atoms with Crippen LogP contribution in [0.5, 0.6) is 0 Å². The third-order valence-corrected chi connectivity index (χ3v) is 3.00. The second-order valence-electron chi connectivity index (χ2n) is 3.85. The maximum atomic E-state index is 11.0. The molecule has 0 aromatic carbocycles. The topological polar surface area (TPSA) is 78.0 Å². The van der Waals surface area contributed by atoms with Crippen LogP contribution in [0.2, 0.25) is 0 Å². The van der Waals surface area contributed by atoms with Crippen LogP contribution >= 0.6 is 0 Å². The Labute approximate surface area is 90.4 Å². The summed E-state index contributed by atoms with van der Waals surface area (Å²) >= 11 is 0. The summed E-state index contributed by atoms with van der Waals surface area (Å²) in [6.45, 7) is 5.02. The van der Waals surface area contributed by atoms with Crippen LogP contribution in [0.1, 0.15) is 26.7 Å². The van der Waals surface area contributed by atoms with Gasteiger partial charge in [-0.05, 0) is 12.3 Å². The summed E-state index contributed by atoms with van der Waals surface area (Å²) in [5.41, 5.74) is 0. The van der Waals surface area contributed by atoms with Gasteiger partial charge in [0.2, 0.25) is 0 Å². The summed E-state index contributed by atoms with van der Waals surface area (Å²) in [5.74, 6) is 0.512. The minimum atomic E-state index is -3.66. The lowest BCUT2D eigenvalue weighted by Crippen LogP contribution is -2.12. The van der Waals surface area contributed by atoms with Crippen LogP contribution in [0, 0.1) is 5.92 Å². The first-order valence-electron chi connectivity index (χ1n) is 4.98. The van der Waals surface area contributed by atoms with Crippen molar-refractivity contribution in [3.8, 4) is 0 Å². The molecule has 0 aliphatic heterocycles. The van der Waals surface area contributed by atoms with Gasteiger partial charge in [0.15, 0.2) is 5.03 Å². The van der Waals surface area contributed by atoms with Crippen LogP contribution in [0.25, 0.3) is 0 Å². The molecule has 6 heteroatoms. The van der Waals surface area contributed by atoms with Crippen molar-refractivity contribution in [1.29, 1.82) is 0 Å². The van der Waals surface area contributed by atoms with Crippen molar-refractivity contribution < 1.29 is 8.42 Å². The third kappa shape index (κ3) is 3.64. The first-order valence-corrected chi connectivity index (χ1v) is 6.52. The Bertz CT molecular complexity index is 411. The molecule has 1 unspecified atom stereocenters. The van der Waals surface area contributed by atoms with Gasteiger partial charge >= 0.3 is 0 Å². The Kier molecular flexibility index (Phi) is 3.87. The molecule has 0 spiro atoms. The van der Waals surface area contributed by atoms with E-state index in [1.165, 1.54) is 12.5 Å². The van der Waals surface area contributed by atoms with E-state index < -0.39 is 10.0 Å². The fourth-order valence-electron chi connectivity index (χ4n) is 1.53. The van der Waals surface area contributed by atoms with E-state index in [4.69, 9.17) is 5.14 Å². The predicted molar refractivity (Wildman–Crippen MR) is 57.7 cm³/mol. The van der Waals surface area contributed by atoms with Gasteiger partial charge in [-0.1, -0.05) is 20.3 Å². The van der Waals surface area contributed by atoms with E-state index in [1.54, 1.807) is 4.57 Å². The van der Waals surface area contributed by atoms with Crippen LogP contribution in [0.15, 0.2) is 17.6 Å². The number of imidazole rings is 1. The maximum Gasteiger partial charge on any atom is 0.257 e. The van der Waals surface area contributed by atoms with Gasteiger partial charge in [-0.15, -0.1) is 0 Å². The van der Waals surface area contributed by atoms with Crippen LogP contribution in [0.4, 0.5) is 0 Å². The smallest absolute Gasteiger partial charge is 0.257 e. The van der Waals surface area contributed by atoms with Crippen LogP contribution < -0.4 is 5.14 Å². The average molecular weight is 231 g/mol. The number of nitrogens with zero attached hydrogens (tertiary/aromatic N) is 2. The predicted octanol–water partition coefficient (Wildman–Crippen LogP) is 0.967. The van der Waals surface area contributed by atoms with E-state index in [0.717, 1.165) is 19.4 Å². The van der Waals surface area contributed by atoms with E-state index >= 15 is 0 Å². The van der Waals surface area contributed by atoms with Gasteiger partial charge < -0.3 is 4.57 Å². The van der Waals surface area contributed by atoms with Crippen molar-refractivity contribution >= 4 is 10.0 Å². The molecule has 0 saturated carbocycles. The summed E-state index contributed by atoms with van der Waals surface area (Å²) in [5, 5.41) is 4.89. The summed E-state index contributed by atoms with van der Waals surface area (Å²) in [4.78, 5) is 3.75. The van der Waals surface area contributed by atoms with Crippen molar-refractivity contribution in [2.24, 2.45) is 11.1 Å². The van der Waals surface area contributed by atoms with E-state index in [-0.39, 0.29) is 5.03 Å². The molecular weight excluding hydrogens is 214 g/mol. The lowest BCUT2D eigenvalue weighted by atomic mass is 10.1. The molecule has 0 radical (unpaired) electrons. The third-order valence-electron chi connectivity index (χ3n) is 2.21. The summed E-state index contributed by atoms with van der Waals surface area (Å²) in [6.07, 6.45) is 5.22. The Morgan fingerprint density at radius 3 is 2.73 bits per heavy atom. The molecule has 1 heterocycles. The highest BCUT2D eigenvalue weighted by Gasteiger charge is 2.12. The van der Waals surface area contributed by atoms with Crippen molar-refractivity contribution in [1.82, 2.24) is 9.55 Å². The molecule has 5 nitrogen and oxygen atoms in total. The monoisotopic (exact) mass is 231 g/mol. The lowest BCUT2D eigenvalue weighted by molar-refractivity contribution is 0.445. The molecule has 1 rings (SSSR count). The maximum absolute atomic E-state index is 11.0. The Hall–Kier alpha value is -0.880. The number of hydrogen-bond donors (Lipinski definition) is 1. The Morgan fingerprint density at radius 1 is 1.60 bits per heavy atom. The van der Waals surface area contributed by atoms with Gasteiger partial charge in [0.25, 0.3) is 10.0 Å². The molecule has 0 bridgehead atoms. The highest BCUT2D eigenvalue weighted by Crippen LogP contribution is 2.10. The minimum absolute atomic E-state index is 0.0637. The molecule has 2 N–H and O–H groups in total. The zero-order valence-electron chi connectivity index (χ0n) is 9.05. The second kappa shape index (κ2) is 4.76. The minimum Gasteiger partial charge on any atom is -0.336 e. The molecule has 0 aliphatic carbocycles. The molecule has 0 amide bonds. The molecule has 0 fully saturated rings. The number of sulfonamides is 1. The van der Waals surface area contributed by atoms with E-state index in [1.807, 2.05) is 0 Å². The van der Waals surface area contributed by atoms with Gasteiger partial charge in [0.1, 0.15) is 0 Å². The molecule has 0 aliphatic rings. The molecule has 0 saturated heterocycles. The van der Waals surface area contributed by atoms with Crippen molar-refractivity contribution in [3.05, 3.63) is 12.5 Å². The average Bonchev–Trinajstić information content (AvgIpc) is 2.52. The first kappa shape index (κ1) is 12.2. The summed E-state index contributed by atoms with van der Waals surface area (Å²) < 4.78 is 23.7. The summed E-state index contributed by atoms with van der Waals surface area (Å²) in [7, 11) is -3.66. The molecule has 1 atom stereocenters. The normalized spacial score (nSPS) is 14.1. The Balaban J connectivity index is 2.69. The van der Waals surface area contributed by atoms with Crippen LogP contribution in [-0.2, 0) is 16.6 Å². The number of nitrogens with two attached hydrogens (primary N) is 1. The second-order valence-corrected chi connectivity index (χ2v) is 5.36. The van der Waals surface area contributed by atoms with Gasteiger partial charge in [-0.3, -0.25) is 0 Å². The van der Waals surface area contributed by atoms with E-state index in [2.05, 4.69) is 18.8 Å². The van der Waals surface area contributed by atoms with E-state index in [9.17, 15) is 8.42 Å². The SMILES string of the molecule is CCCC(C)Cn1cnc(S(N)(=O)=O)c1. The molecule has 86 valence electrons. The number of hydrogen-bond acceptors (Lipinski definition) is 3. The largest absolute Gasteiger partial charge is 0.336 e. The van der Waals surface area contributed by atoms with Crippen LogP contribution in [-0.4, -0.2) is 18.0 Å². The zero-order chi connectivity index (χ0) is 11.5.